The Morgan fingerprint density at radius 1 is 0.763 bits per heavy atom. The molecule has 0 spiro atoms. The molecule has 0 bridgehead atoms. The van der Waals surface area contributed by atoms with Crippen molar-refractivity contribution < 1.29 is 5.11 Å². The van der Waals surface area contributed by atoms with E-state index in [1.54, 1.807) is 18.5 Å². The fourth-order valence-electron chi connectivity index (χ4n) is 4.76. The van der Waals surface area contributed by atoms with Crippen molar-refractivity contribution in [2.75, 3.05) is 0 Å². The van der Waals surface area contributed by atoms with Crippen molar-refractivity contribution in [2.45, 2.75) is 18.7 Å². The second-order valence-electron chi connectivity index (χ2n) is 9.17. The number of halogens is 2. The molecule has 188 valence electrons. The van der Waals surface area contributed by atoms with Gasteiger partial charge in [0.05, 0.1) is 36.1 Å². The predicted molar refractivity (Wildman–Crippen MR) is 150 cm³/mol. The molecule has 0 amide bonds. The van der Waals surface area contributed by atoms with E-state index in [1.807, 2.05) is 100 Å². The number of rotatable bonds is 7. The van der Waals surface area contributed by atoms with Crippen molar-refractivity contribution >= 4 is 34.2 Å². The summed E-state index contributed by atoms with van der Waals surface area (Å²) in [5.41, 5.74) is 3.87. The van der Waals surface area contributed by atoms with E-state index in [-0.39, 0.29) is 6.54 Å². The van der Waals surface area contributed by atoms with Gasteiger partial charge in [-0.15, -0.1) is 5.10 Å². The average Bonchev–Trinajstić information content (AvgIpc) is 3.55. The summed E-state index contributed by atoms with van der Waals surface area (Å²) in [6.45, 7) is 0.649. The summed E-state index contributed by atoms with van der Waals surface area (Å²) in [4.78, 5) is 4.53. The van der Waals surface area contributed by atoms with Crippen molar-refractivity contribution in [3.05, 3.63) is 136 Å². The first-order valence-electron chi connectivity index (χ1n) is 12.1. The Kier molecular flexibility index (Phi) is 6.45. The number of hydrogen-bond donors (Lipinski definition) is 1. The molecule has 1 N–H and O–H groups in total. The van der Waals surface area contributed by atoms with Gasteiger partial charge in [-0.3, -0.25) is 0 Å². The van der Waals surface area contributed by atoms with Crippen LogP contribution in [0.15, 0.2) is 109 Å². The Balaban J connectivity index is 1.56. The van der Waals surface area contributed by atoms with E-state index in [2.05, 4.69) is 15.3 Å². The van der Waals surface area contributed by atoms with Crippen LogP contribution in [0.4, 0.5) is 0 Å². The van der Waals surface area contributed by atoms with E-state index in [9.17, 15) is 5.11 Å². The third-order valence-electron chi connectivity index (χ3n) is 6.67. The maximum Gasteiger partial charge on any atom is 0.153 e. The summed E-state index contributed by atoms with van der Waals surface area (Å²) < 4.78 is 3.76. The zero-order valence-corrected chi connectivity index (χ0v) is 21.8. The smallest absolute Gasteiger partial charge is 0.153 e. The Hall–Kier alpha value is -3.97. The van der Waals surface area contributed by atoms with Crippen molar-refractivity contribution in [3.63, 3.8) is 0 Å². The minimum atomic E-state index is -1.56. The standard InChI is InChI=1S/C30H23Cl2N5O/c31-24-14-10-22(11-15-24)28-29(34-35-37(28)18-21-6-2-1-3-7-21)30(38,23-12-16-25(32)17-13-23)19-36-20-33-26-8-4-5-9-27(26)36/h1-17,20,38H,18-19H2. The highest BCUT2D eigenvalue weighted by Gasteiger charge is 2.39. The maximum atomic E-state index is 12.6. The number of nitrogens with zero attached hydrogens (tertiary/aromatic N) is 5. The molecule has 0 fully saturated rings. The Morgan fingerprint density at radius 3 is 2.16 bits per heavy atom. The molecule has 1 atom stereocenters. The van der Waals surface area contributed by atoms with Gasteiger partial charge in [0.1, 0.15) is 5.69 Å². The van der Waals surface area contributed by atoms with Crippen molar-refractivity contribution in [2.24, 2.45) is 0 Å². The van der Waals surface area contributed by atoms with Gasteiger partial charge in [-0.25, -0.2) is 9.67 Å². The molecule has 6 rings (SSSR count). The van der Waals surface area contributed by atoms with E-state index in [1.165, 1.54) is 0 Å². The van der Waals surface area contributed by atoms with Crippen molar-refractivity contribution in [1.29, 1.82) is 0 Å². The van der Waals surface area contributed by atoms with Crippen LogP contribution in [0.5, 0.6) is 0 Å². The molecule has 0 saturated heterocycles. The van der Waals surface area contributed by atoms with Crippen molar-refractivity contribution in [1.82, 2.24) is 24.5 Å². The lowest BCUT2D eigenvalue weighted by atomic mass is 9.87. The minimum Gasteiger partial charge on any atom is -0.377 e. The van der Waals surface area contributed by atoms with Crippen molar-refractivity contribution in [3.8, 4) is 11.3 Å². The average molecular weight is 540 g/mol. The zero-order valence-electron chi connectivity index (χ0n) is 20.2. The summed E-state index contributed by atoms with van der Waals surface area (Å²) in [5, 5.41) is 23.0. The topological polar surface area (TPSA) is 68.8 Å². The zero-order chi connectivity index (χ0) is 26.1. The van der Waals surface area contributed by atoms with Crippen LogP contribution < -0.4 is 0 Å². The van der Waals surface area contributed by atoms with Crippen LogP contribution >= 0.6 is 23.2 Å². The van der Waals surface area contributed by atoms with Gasteiger partial charge in [0, 0.05) is 15.6 Å². The Morgan fingerprint density at radius 2 is 1.42 bits per heavy atom. The number of aliphatic hydroxyl groups is 1. The van der Waals surface area contributed by atoms with E-state index in [4.69, 9.17) is 23.2 Å². The van der Waals surface area contributed by atoms with Crippen LogP contribution in [0, 0.1) is 0 Å². The summed E-state index contributed by atoms with van der Waals surface area (Å²) in [7, 11) is 0. The van der Waals surface area contributed by atoms with Gasteiger partial charge < -0.3 is 9.67 Å². The Labute approximate surface area is 229 Å². The molecule has 8 heteroatoms. The molecule has 1 unspecified atom stereocenters. The number of hydrogen-bond acceptors (Lipinski definition) is 4. The summed E-state index contributed by atoms with van der Waals surface area (Å²) in [6.07, 6.45) is 1.74. The van der Waals surface area contributed by atoms with Crippen LogP contribution in [0.25, 0.3) is 22.3 Å². The summed E-state index contributed by atoms with van der Waals surface area (Å²) >= 11 is 12.4. The molecule has 0 radical (unpaired) electrons. The quantitative estimate of drug-likeness (QED) is 0.248. The van der Waals surface area contributed by atoms with Gasteiger partial charge in [-0.2, -0.15) is 0 Å². The molecule has 38 heavy (non-hydrogen) atoms. The minimum absolute atomic E-state index is 0.166. The van der Waals surface area contributed by atoms with E-state index >= 15 is 0 Å². The number of fused-ring (bicyclic) bond motifs is 1. The monoisotopic (exact) mass is 539 g/mol. The number of imidazole rings is 1. The number of benzene rings is 4. The van der Waals surface area contributed by atoms with Gasteiger partial charge in [0.25, 0.3) is 0 Å². The SMILES string of the molecule is OC(Cn1cnc2ccccc21)(c1ccc(Cl)cc1)c1nnn(Cc2ccccc2)c1-c1ccc(Cl)cc1. The molecular weight excluding hydrogens is 517 g/mol. The first-order chi connectivity index (χ1) is 18.5. The van der Waals surface area contributed by atoms with Crippen LogP contribution in [0.2, 0.25) is 10.0 Å². The molecule has 0 aliphatic heterocycles. The van der Waals surface area contributed by atoms with Gasteiger partial charge in [0.15, 0.2) is 5.60 Å². The molecule has 0 aliphatic carbocycles. The van der Waals surface area contributed by atoms with Gasteiger partial charge in [-0.1, -0.05) is 95.1 Å². The highest BCUT2D eigenvalue weighted by molar-refractivity contribution is 6.30. The lowest BCUT2D eigenvalue weighted by molar-refractivity contribution is 0.0584. The molecule has 0 aliphatic rings. The Bertz CT molecular complexity index is 1700. The van der Waals surface area contributed by atoms with E-state index in [0.29, 0.717) is 33.5 Å². The number of para-hydroxylation sites is 2. The van der Waals surface area contributed by atoms with Crippen LogP contribution in [-0.2, 0) is 18.7 Å². The maximum absolute atomic E-state index is 12.6. The van der Waals surface area contributed by atoms with Gasteiger partial charge in [-0.05, 0) is 47.5 Å². The molecule has 4 aromatic carbocycles. The molecule has 6 aromatic rings. The third-order valence-corrected chi connectivity index (χ3v) is 7.17. The summed E-state index contributed by atoms with van der Waals surface area (Å²) in [5.74, 6) is 0. The predicted octanol–water partition coefficient (Wildman–Crippen LogP) is 6.59. The largest absolute Gasteiger partial charge is 0.377 e. The normalized spacial score (nSPS) is 13.0. The van der Waals surface area contributed by atoms with Crippen LogP contribution in [0.3, 0.4) is 0 Å². The first-order valence-corrected chi connectivity index (χ1v) is 12.9. The summed E-state index contributed by atoms with van der Waals surface area (Å²) in [6, 6.07) is 32.5. The van der Waals surface area contributed by atoms with Crippen LogP contribution in [0.1, 0.15) is 16.8 Å². The highest BCUT2D eigenvalue weighted by atomic mass is 35.5. The van der Waals surface area contributed by atoms with E-state index < -0.39 is 5.60 Å². The molecular formula is C30H23Cl2N5O. The molecule has 0 saturated carbocycles. The molecule has 6 nitrogen and oxygen atoms in total. The number of aromatic nitrogens is 5. The first kappa shape index (κ1) is 24.4. The fourth-order valence-corrected chi connectivity index (χ4v) is 5.02. The second kappa shape index (κ2) is 10.1. The van der Waals surface area contributed by atoms with Gasteiger partial charge >= 0.3 is 0 Å². The fraction of sp³-hybridized carbons (Fsp3) is 0.100. The lowest BCUT2D eigenvalue weighted by Gasteiger charge is -2.29. The molecule has 2 heterocycles. The van der Waals surface area contributed by atoms with Crippen LogP contribution in [-0.4, -0.2) is 29.7 Å². The highest BCUT2D eigenvalue weighted by Crippen LogP contribution is 2.38. The third kappa shape index (κ3) is 4.58. The lowest BCUT2D eigenvalue weighted by Crippen LogP contribution is -2.34. The molecule has 2 aromatic heterocycles. The van der Waals surface area contributed by atoms with E-state index in [0.717, 1.165) is 22.2 Å². The van der Waals surface area contributed by atoms with Gasteiger partial charge in [0.2, 0.25) is 0 Å². The second-order valence-corrected chi connectivity index (χ2v) is 10.0.